The van der Waals surface area contributed by atoms with Gasteiger partial charge in [0.15, 0.2) is 11.1 Å². The van der Waals surface area contributed by atoms with Crippen molar-refractivity contribution in [3.8, 4) is 0 Å². The number of aryl methyl sites for hydroxylation is 3. The van der Waals surface area contributed by atoms with E-state index in [4.69, 9.17) is 11.5 Å². The predicted octanol–water partition coefficient (Wildman–Crippen LogP) is 2.03. The zero-order chi connectivity index (χ0) is 17.4. The molecule has 2 aromatic rings. The van der Waals surface area contributed by atoms with Gasteiger partial charge in [-0.05, 0) is 31.7 Å². The van der Waals surface area contributed by atoms with E-state index in [-0.39, 0.29) is 11.9 Å². The molecule has 1 aromatic heterocycles. The lowest BCUT2D eigenvalue weighted by molar-refractivity contribution is -0.119. The van der Waals surface area contributed by atoms with Crippen molar-refractivity contribution >= 4 is 28.3 Å². The van der Waals surface area contributed by atoms with Gasteiger partial charge in [0.25, 0.3) is 0 Å². The lowest BCUT2D eigenvalue weighted by Gasteiger charge is -2.05. The summed E-state index contributed by atoms with van der Waals surface area (Å²) in [6, 6.07) is 9.87. The zero-order valence-corrected chi connectivity index (χ0v) is 14.6. The number of nitrogens with one attached hydrogen (secondary N) is 1. The minimum Gasteiger partial charge on any atom is -0.375 e. The number of amides is 1. The number of nitrogens with zero attached hydrogens (tertiary/aromatic N) is 2. The second-order valence-electron chi connectivity index (χ2n) is 5.46. The average molecular weight is 345 g/mol. The number of carbonyl (C=O) groups is 1. The van der Waals surface area contributed by atoms with Crippen molar-refractivity contribution in [1.29, 1.82) is 0 Å². The molecule has 0 saturated carbocycles. The number of carbonyl (C=O) groups excluding carboxylic acids is 1. The third-order valence-electron chi connectivity index (χ3n) is 3.50. The molecule has 6 nitrogen and oxygen atoms in total. The second-order valence-corrected chi connectivity index (χ2v) is 6.58. The summed E-state index contributed by atoms with van der Waals surface area (Å²) in [7, 11) is 0. The molecule has 0 bridgehead atoms. The maximum atomic E-state index is 11.8. The van der Waals surface area contributed by atoms with Gasteiger partial charge in [-0.2, -0.15) is 0 Å². The van der Waals surface area contributed by atoms with E-state index in [9.17, 15) is 4.79 Å². The fraction of sp³-hybridized carbons (Fsp3) is 0.353. The van der Waals surface area contributed by atoms with Crippen molar-refractivity contribution in [2.24, 2.45) is 10.7 Å². The second kappa shape index (κ2) is 9.02. The summed E-state index contributed by atoms with van der Waals surface area (Å²) in [5.41, 5.74) is 13.5. The van der Waals surface area contributed by atoms with E-state index in [0.717, 1.165) is 24.1 Å². The van der Waals surface area contributed by atoms with Crippen LogP contribution in [0.5, 0.6) is 0 Å². The number of hydrogen-bond acceptors (Lipinski definition) is 5. The molecule has 0 saturated heterocycles. The largest absolute Gasteiger partial charge is 0.375 e. The van der Waals surface area contributed by atoms with E-state index >= 15 is 0 Å². The Morgan fingerprint density at radius 3 is 2.71 bits per heavy atom. The first-order chi connectivity index (χ1) is 11.5. The minimum absolute atomic E-state index is 0.119. The lowest BCUT2D eigenvalue weighted by Crippen LogP contribution is -2.37. The van der Waals surface area contributed by atoms with Gasteiger partial charge in [0.2, 0.25) is 5.91 Å². The van der Waals surface area contributed by atoms with E-state index in [2.05, 4.69) is 15.3 Å². The van der Waals surface area contributed by atoms with Crippen LogP contribution in [-0.4, -0.2) is 23.4 Å². The molecule has 1 amide bonds. The van der Waals surface area contributed by atoms with Crippen LogP contribution < -0.4 is 16.8 Å². The number of rotatable bonds is 7. The summed E-state index contributed by atoms with van der Waals surface area (Å²) in [6.45, 7) is 2.51. The third-order valence-corrected chi connectivity index (χ3v) is 4.55. The molecule has 1 heterocycles. The summed E-state index contributed by atoms with van der Waals surface area (Å²) in [4.78, 5) is 21.4. The number of anilines is 1. The Morgan fingerprint density at radius 1 is 1.29 bits per heavy atom. The molecule has 0 unspecified atom stereocenters. The number of nitrogens with two attached hydrogens (primary N) is 2. The molecule has 0 atom stereocenters. The molecule has 0 spiro atoms. The molecule has 0 aliphatic carbocycles. The first-order valence-corrected chi connectivity index (χ1v) is 8.71. The van der Waals surface area contributed by atoms with Gasteiger partial charge in [-0.3, -0.25) is 15.1 Å². The smallest absolute Gasteiger partial charge is 0.226 e. The topological polar surface area (TPSA) is 106 Å². The van der Waals surface area contributed by atoms with Crippen LogP contribution in [0.1, 0.15) is 29.0 Å². The highest BCUT2D eigenvalue weighted by atomic mass is 32.1. The fourth-order valence-electron chi connectivity index (χ4n) is 2.27. The first kappa shape index (κ1) is 17.9. The van der Waals surface area contributed by atoms with E-state index < -0.39 is 0 Å². The number of nitrogen functional groups attached to an aromatic ring is 1. The number of benzene rings is 1. The van der Waals surface area contributed by atoms with Crippen LogP contribution in [0.25, 0.3) is 0 Å². The Labute approximate surface area is 146 Å². The summed E-state index contributed by atoms with van der Waals surface area (Å²) >= 11 is 1.51. The number of thiazole rings is 1. The third kappa shape index (κ3) is 6.00. The van der Waals surface area contributed by atoms with E-state index in [1.54, 1.807) is 0 Å². The minimum atomic E-state index is -0.119. The number of aromatic nitrogens is 1. The Balaban J connectivity index is 1.67. The van der Waals surface area contributed by atoms with Gasteiger partial charge in [0.1, 0.15) is 0 Å². The molecular formula is C17H23N5OS. The molecule has 7 heteroatoms. The Bertz CT molecular complexity index is 696. The van der Waals surface area contributed by atoms with Crippen LogP contribution in [0.2, 0.25) is 0 Å². The van der Waals surface area contributed by atoms with Crippen molar-refractivity contribution in [3.63, 3.8) is 0 Å². The summed E-state index contributed by atoms with van der Waals surface area (Å²) in [6.07, 6.45) is 2.77. The van der Waals surface area contributed by atoms with Crippen LogP contribution in [0, 0.1) is 6.92 Å². The summed E-state index contributed by atoms with van der Waals surface area (Å²) in [5, 5.41) is 3.22. The van der Waals surface area contributed by atoms with Crippen LogP contribution in [-0.2, 0) is 17.6 Å². The molecule has 0 fully saturated rings. The highest BCUT2D eigenvalue weighted by Gasteiger charge is 2.06. The van der Waals surface area contributed by atoms with Crippen molar-refractivity contribution in [1.82, 2.24) is 10.3 Å². The molecule has 0 aliphatic rings. The molecule has 24 heavy (non-hydrogen) atoms. The Hall–Kier alpha value is -2.41. The standard InChI is InChI=1S/C17H23N5OS/c1-12-14(24-17(19)21-12)8-5-11-20-16(18)22-15(23)10-9-13-6-3-2-4-7-13/h2-4,6-7H,5,8-11H2,1H3,(H2,19,21)(H3,18,20,22,23). The zero-order valence-electron chi connectivity index (χ0n) is 13.8. The summed E-state index contributed by atoms with van der Waals surface area (Å²) in [5.74, 6) is 0.0554. The Kier molecular flexibility index (Phi) is 6.74. The maximum Gasteiger partial charge on any atom is 0.226 e. The van der Waals surface area contributed by atoms with E-state index in [0.29, 0.717) is 24.5 Å². The monoisotopic (exact) mass is 345 g/mol. The van der Waals surface area contributed by atoms with Gasteiger partial charge < -0.3 is 11.5 Å². The lowest BCUT2D eigenvalue weighted by atomic mass is 10.1. The molecule has 0 radical (unpaired) electrons. The SMILES string of the molecule is Cc1nc(N)sc1CCCN=C(N)NC(=O)CCc1ccccc1. The van der Waals surface area contributed by atoms with Crippen molar-refractivity contribution in [2.75, 3.05) is 12.3 Å². The van der Waals surface area contributed by atoms with Crippen LogP contribution in [0.15, 0.2) is 35.3 Å². The molecule has 128 valence electrons. The number of guanidine groups is 1. The van der Waals surface area contributed by atoms with Gasteiger partial charge >= 0.3 is 0 Å². The molecule has 2 rings (SSSR count). The van der Waals surface area contributed by atoms with E-state index in [1.807, 2.05) is 37.3 Å². The van der Waals surface area contributed by atoms with E-state index in [1.165, 1.54) is 16.2 Å². The van der Waals surface area contributed by atoms with Gasteiger partial charge in [0.05, 0.1) is 5.69 Å². The Morgan fingerprint density at radius 2 is 2.04 bits per heavy atom. The fourth-order valence-corrected chi connectivity index (χ4v) is 3.14. The molecule has 1 aromatic carbocycles. The predicted molar refractivity (Wildman–Crippen MR) is 99.0 cm³/mol. The average Bonchev–Trinajstić information content (AvgIpc) is 2.88. The van der Waals surface area contributed by atoms with Gasteiger partial charge in [-0.1, -0.05) is 30.3 Å². The number of aliphatic imine (C=N–C) groups is 1. The van der Waals surface area contributed by atoms with Gasteiger partial charge in [-0.15, -0.1) is 11.3 Å². The quantitative estimate of drug-likeness (QED) is 0.405. The van der Waals surface area contributed by atoms with Crippen LogP contribution >= 0.6 is 11.3 Å². The molecular weight excluding hydrogens is 322 g/mol. The molecule has 5 N–H and O–H groups in total. The highest BCUT2D eigenvalue weighted by molar-refractivity contribution is 7.15. The maximum absolute atomic E-state index is 11.8. The van der Waals surface area contributed by atoms with Crippen molar-refractivity contribution in [2.45, 2.75) is 32.6 Å². The highest BCUT2D eigenvalue weighted by Crippen LogP contribution is 2.20. The van der Waals surface area contributed by atoms with Crippen molar-refractivity contribution < 1.29 is 4.79 Å². The number of hydrogen-bond donors (Lipinski definition) is 3. The van der Waals surface area contributed by atoms with Crippen LogP contribution in [0.4, 0.5) is 5.13 Å². The van der Waals surface area contributed by atoms with Gasteiger partial charge in [-0.25, -0.2) is 4.98 Å². The summed E-state index contributed by atoms with van der Waals surface area (Å²) < 4.78 is 0. The molecule has 0 aliphatic heterocycles. The first-order valence-electron chi connectivity index (χ1n) is 7.90. The van der Waals surface area contributed by atoms with Crippen LogP contribution in [0.3, 0.4) is 0 Å². The van der Waals surface area contributed by atoms with Gasteiger partial charge in [0, 0.05) is 17.8 Å². The van der Waals surface area contributed by atoms with Crippen molar-refractivity contribution in [3.05, 3.63) is 46.5 Å². The normalized spacial score (nSPS) is 11.5.